The summed E-state index contributed by atoms with van der Waals surface area (Å²) >= 11 is 6.23. The topological polar surface area (TPSA) is 56.5 Å². The van der Waals surface area contributed by atoms with Crippen molar-refractivity contribution in [1.29, 1.82) is 0 Å². The molecule has 0 amide bonds. The number of nitrogens with zero attached hydrogens (tertiary/aromatic N) is 2. The molecule has 0 aliphatic carbocycles. The van der Waals surface area contributed by atoms with Gasteiger partial charge >= 0.3 is 0 Å². The summed E-state index contributed by atoms with van der Waals surface area (Å²) in [5.41, 5.74) is 2.19. The van der Waals surface area contributed by atoms with Crippen molar-refractivity contribution < 1.29 is 14.6 Å². The molecule has 0 saturated carbocycles. The van der Waals surface area contributed by atoms with Crippen LogP contribution in [0.5, 0.6) is 11.5 Å². The zero-order valence-corrected chi connectivity index (χ0v) is 13.3. The number of aliphatic hydroxyl groups is 1. The maximum atomic E-state index is 10.5. The van der Waals surface area contributed by atoms with Gasteiger partial charge in [-0.1, -0.05) is 11.6 Å². The monoisotopic (exact) mass is 310 g/mol. The van der Waals surface area contributed by atoms with E-state index in [1.807, 2.05) is 14.0 Å². The first-order chi connectivity index (χ1) is 9.97. The Hall–Kier alpha value is -1.72. The molecule has 1 heterocycles. The van der Waals surface area contributed by atoms with E-state index >= 15 is 0 Å². The highest BCUT2D eigenvalue weighted by Gasteiger charge is 2.20. The van der Waals surface area contributed by atoms with Crippen LogP contribution in [0.4, 0.5) is 0 Å². The summed E-state index contributed by atoms with van der Waals surface area (Å²) in [6.45, 7) is 1.84. The Balaban J connectivity index is 2.33. The zero-order chi connectivity index (χ0) is 15.6. The summed E-state index contributed by atoms with van der Waals surface area (Å²) in [4.78, 5) is 0. The Morgan fingerprint density at radius 1 is 1.33 bits per heavy atom. The van der Waals surface area contributed by atoms with Gasteiger partial charge in [0, 0.05) is 19.0 Å². The second kappa shape index (κ2) is 6.37. The predicted molar refractivity (Wildman–Crippen MR) is 81.2 cm³/mol. The van der Waals surface area contributed by atoms with Crippen molar-refractivity contribution in [2.45, 2.75) is 19.4 Å². The van der Waals surface area contributed by atoms with Gasteiger partial charge in [0.1, 0.15) is 11.5 Å². The Labute approximate surface area is 129 Å². The molecule has 0 bridgehead atoms. The zero-order valence-electron chi connectivity index (χ0n) is 12.6. The number of halogens is 1. The van der Waals surface area contributed by atoms with Crippen molar-refractivity contribution in [2.75, 3.05) is 14.2 Å². The van der Waals surface area contributed by atoms with Crippen LogP contribution in [-0.2, 0) is 13.5 Å². The molecule has 1 aromatic heterocycles. The summed E-state index contributed by atoms with van der Waals surface area (Å²) in [6, 6.07) is 5.32. The van der Waals surface area contributed by atoms with Crippen molar-refractivity contribution in [3.63, 3.8) is 0 Å². The second-order valence-electron chi connectivity index (χ2n) is 4.80. The standard InChI is InChI=1S/C15H19ClN2O3/c1-9-15(16)12(18(2)17-9)8-13(19)11-7-10(20-3)5-6-14(11)21-4/h5-7,13,19H,8H2,1-4H3. The summed E-state index contributed by atoms with van der Waals surface area (Å²) < 4.78 is 12.2. The van der Waals surface area contributed by atoms with E-state index in [4.69, 9.17) is 21.1 Å². The van der Waals surface area contributed by atoms with Crippen LogP contribution in [-0.4, -0.2) is 29.1 Å². The summed E-state index contributed by atoms with van der Waals surface area (Å²) in [5, 5.41) is 15.4. The molecule has 2 rings (SSSR count). The van der Waals surface area contributed by atoms with Gasteiger partial charge in [-0.3, -0.25) is 4.68 Å². The van der Waals surface area contributed by atoms with Crippen molar-refractivity contribution in [3.8, 4) is 11.5 Å². The van der Waals surface area contributed by atoms with Gasteiger partial charge in [0.2, 0.25) is 0 Å². The molecule has 2 aromatic rings. The lowest BCUT2D eigenvalue weighted by atomic mass is 10.0. The highest BCUT2D eigenvalue weighted by atomic mass is 35.5. The van der Waals surface area contributed by atoms with Crippen LogP contribution < -0.4 is 9.47 Å². The van der Waals surface area contributed by atoms with E-state index in [1.54, 1.807) is 37.1 Å². The Morgan fingerprint density at radius 2 is 2.05 bits per heavy atom. The third-order valence-electron chi connectivity index (χ3n) is 3.44. The van der Waals surface area contributed by atoms with Gasteiger partial charge in [-0.2, -0.15) is 5.10 Å². The highest BCUT2D eigenvalue weighted by molar-refractivity contribution is 6.31. The number of aliphatic hydroxyl groups excluding tert-OH is 1. The smallest absolute Gasteiger partial charge is 0.124 e. The predicted octanol–water partition coefficient (Wildman–Crippen LogP) is 2.68. The number of ether oxygens (including phenoxy) is 2. The molecule has 1 unspecified atom stereocenters. The Bertz CT molecular complexity index is 640. The van der Waals surface area contributed by atoms with Crippen molar-refractivity contribution >= 4 is 11.6 Å². The van der Waals surface area contributed by atoms with Crippen molar-refractivity contribution in [1.82, 2.24) is 9.78 Å². The number of hydrogen-bond acceptors (Lipinski definition) is 4. The third-order valence-corrected chi connectivity index (χ3v) is 3.94. The fourth-order valence-corrected chi connectivity index (χ4v) is 2.53. The minimum Gasteiger partial charge on any atom is -0.497 e. The molecule has 0 fully saturated rings. The third kappa shape index (κ3) is 3.14. The van der Waals surface area contributed by atoms with Crippen LogP contribution in [0.2, 0.25) is 5.02 Å². The van der Waals surface area contributed by atoms with Crippen LogP contribution in [0.1, 0.15) is 23.1 Å². The summed E-state index contributed by atoms with van der Waals surface area (Å²) in [5.74, 6) is 1.27. The van der Waals surface area contributed by atoms with Gasteiger partial charge < -0.3 is 14.6 Å². The number of benzene rings is 1. The van der Waals surface area contributed by atoms with Crippen molar-refractivity contribution in [2.24, 2.45) is 7.05 Å². The molecule has 1 aromatic carbocycles. The normalized spacial score (nSPS) is 12.3. The number of aryl methyl sites for hydroxylation is 2. The minimum absolute atomic E-state index is 0.347. The number of methoxy groups -OCH3 is 2. The summed E-state index contributed by atoms with van der Waals surface area (Å²) in [6.07, 6.45) is -0.415. The van der Waals surface area contributed by atoms with Gasteiger partial charge in [-0.15, -0.1) is 0 Å². The molecule has 21 heavy (non-hydrogen) atoms. The van der Waals surface area contributed by atoms with Crippen LogP contribution >= 0.6 is 11.6 Å². The molecule has 6 heteroatoms. The Kier molecular flexibility index (Phi) is 4.75. The average Bonchev–Trinajstić information content (AvgIpc) is 2.72. The fraction of sp³-hybridized carbons (Fsp3) is 0.400. The first kappa shape index (κ1) is 15.7. The van der Waals surface area contributed by atoms with Gasteiger partial charge in [0.15, 0.2) is 0 Å². The van der Waals surface area contributed by atoms with E-state index in [-0.39, 0.29) is 0 Å². The lowest BCUT2D eigenvalue weighted by Gasteiger charge is -2.16. The maximum absolute atomic E-state index is 10.5. The molecule has 0 aliphatic rings. The van der Waals surface area contributed by atoms with E-state index in [1.165, 1.54) is 0 Å². The average molecular weight is 311 g/mol. The molecule has 5 nitrogen and oxygen atoms in total. The Morgan fingerprint density at radius 3 is 2.57 bits per heavy atom. The van der Waals surface area contributed by atoms with E-state index in [2.05, 4.69) is 5.10 Å². The van der Waals surface area contributed by atoms with Gasteiger partial charge in [-0.05, 0) is 25.1 Å². The van der Waals surface area contributed by atoms with Gasteiger partial charge in [0.05, 0.1) is 36.7 Å². The first-order valence-corrected chi connectivity index (χ1v) is 6.93. The molecule has 0 spiro atoms. The second-order valence-corrected chi connectivity index (χ2v) is 5.18. The maximum Gasteiger partial charge on any atom is 0.124 e. The molecule has 1 atom stereocenters. The molecule has 0 aliphatic heterocycles. The van der Waals surface area contributed by atoms with Gasteiger partial charge in [-0.25, -0.2) is 0 Å². The minimum atomic E-state index is -0.762. The molecule has 114 valence electrons. The first-order valence-electron chi connectivity index (χ1n) is 6.55. The van der Waals surface area contributed by atoms with E-state index in [0.29, 0.717) is 28.5 Å². The SMILES string of the molecule is COc1ccc(OC)c(C(O)Cc2c(Cl)c(C)nn2C)c1. The van der Waals surface area contributed by atoms with Crippen LogP contribution in [0, 0.1) is 6.92 Å². The van der Waals surface area contributed by atoms with Crippen molar-refractivity contribution in [3.05, 3.63) is 40.2 Å². The summed E-state index contributed by atoms with van der Waals surface area (Å²) in [7, 11) is 4.96. The van der Waals surface area contributed by atoms with Crippen LogP contribution in [0.15, 0.2) is 18.2 Å². The molecular weight excluding hydrogens is 292 g/mol. The lowest BCUT2D eigenvalue weighted by molar-refractivity contribution is 0.171. The number of rotatable bonds is 5. The van der Waals surface area contributed by atoms with E-state index < -0.39 is 6.10 Å². The number of hydrogen-bond donors (Lipinski definition) is 1. The van der Waals surface area contributed by atoms with E-state index in [9.17, 15) is 5.11 Å². The molecular formula is C15H19ClN2O3. The number of aromatic nitrogens is 2. The molecule has 0 saturated heterocycles. The van der Waals surface area contributed by atoms with E-state index in [0.717, 1.165) is 11.4 Å². The fourth-order valence-electron chi connectivity index (χ4n) is 2.29. The largest absolute Gasteiger partial charge is 0.497 e. The van der Waals surface area contributed by atoms with Crippen LogP contribution in [0.25, 0.3) is 0 Å². The molecule has 0 radical (unpaired) electrons. The highest BCUT2D eigenvalue weighted by Crippen LogP contribution is 2.32. The quantitative estimate of drug-likeness (QED) is 0.922. The molecule has 1 N–H and O–H groups in total. The van der Waals surface area contributed by atoms with Gasteiger partial charge in [0.25, 0.3) is 0 Å². The van der Waals surface area contributed by atoms with Crippen LogP contribution in [0.3, 0.4) is 0 Å². The lowest BCUT2D eigenvalue weighted by Crippen LogP contribution is -2.08.